The standard InChI is InChI=1S/C24H29OP/c1-23(2,3)18-14-15-21(20(16-18)24(4,5)6)25-26-22-13-9-11-17-10-7-8-12-19(17)22/h7-16,26H,1-6H3. The molecule has 0 saturated heterocycles. The van der Waals surface area contributed by atoms with Gasteiger partial charge in [-0.15, -0.1) is 0 Å². The quantitative estimate of drug-likeness (QED) is 0.468. The lowest BCUT2D eigenvalue weighted by Gasteiger charge is -2.27. The summed E-state index contributed by atoms with van der Waals surface area (Å²) >= 11 is 0. The molecule has 3 aromatic rings. The van der Waals surface area contributed by atoms with E-state index < -0.39 is 0 Å². The van der Waals surface area contributed by atoms with E-state index in [0.29, 0.717) is 8.81 Å². The fourth-order valence-electron chi connectivity index (χ4n) is 3.10. The van der Waals surface area contributed by atoms with Crippen LogP contribution in [0.4, 0.5) is 0 Å². The Hall–Kier alpha value is -1.85. The zero-order chi connectivity index (χ0) is 18.9. The highest BCUT2D eigenvalue weighted by atomic mass is 31.1. The van der Waals surface area contributed by atoms with Gasteiger partial charge < -0.3 is 4.52 Å². The zero-order valence-electron chi connectivity index (χ0n) is 16.7. The highest BCUT2D eigenvalue weighted by molar-refractivity contribution is 7.43. The van der Waals surface area contributed by atoms with Gasteiger partial charge in [0.25, 0.3) is 0 Å². The molecule has 0 amide bonds. The summed E-state index contributed by atoms with van der Waals surface area (Å²) in [6, 6.07) is 21.6. The van der Waals surface area contributed by atoms with Crippen LogP contribution in [0.3, 0.4) is 0 Å². The van der Waals surface area contributed by atoms with Crippen LogP contribution in [0, 0.1) is 0 Å². The number of fused-ring (bicyclic) bond motifs is 1. The Bertz CT molecular complexity index is 908. The van der Waals surface area contributed by atoms with Crippen LogP contribution in [-0.2, 0) is 10.8 Å². The summed E-state index contributed by atoms with van der Waals surface area (Å²) in [7, 11) is 0.295. The molecule has 0 N–H and O–H groups in total. The molecule has 0 aliphatic carbocycles. The average Bonchev–Trinajstić information content (AvgIpc) is 2.58. The normalized spacial score (nSPS) is 12.8. The minimum absolute atomic E-state index is 0.0415. The van der Waals surface area contributed by atoms with Gasteiger partial charge in [-0.05, 0) is 33.2 Å². The molecule has 136 valence electrons. The first-order valence-corrected chi connectivity index (χ1v) is 10.1. The summed E-state index contributed by atoms with van der Waals surface area (Å²) < 4.78 is 6.35. The Balaban J connectivity index is 1.94. The van der Waals surface area contributed by atoms with Crippen LogP contribution in [0.15, 0.2) is 60.7 Å². The number of benzene rings is 3. The Morgan fingerprint density at radius 3 is 2.12 bits per heavy atom. The lowest BCUT2D eigenvalue weighted by atomic mass is 9.80. The van der Waals surface area contributed by atoms with E-state index in [1.54, 1.807) is 0 Å². The maximum atomic E-state index is 6.35. The van der Waals surface area contributed by atoms with Crippen LogP contribution in [0.2, 0.25) is 0 Å². The fourth-order valence-corrected chi connectivity index (χ4v) is 4.00. The van der Waals surface area contributed by atoms with E-state index in [1.165, 1.54) is 27.2 Å². The van der Waals surface area contributed by atoms with Gasteiger partial charge in [0.2, 0.25) is 0 Å². The Morgan fingerprint density at radius 2 is 1.42 bits per heavy atom. The van der Waals surface area contributed by atoms with Gasteiger partial charge >= 0.3 is 0 Å². The van der Waals surface area contributed by atoms with Gasteiger partial charge in [0.1, 0.15) is 14.6 Å². The molecule has 2 heteroatoms. The number of hydrogen-bond acceptors (Lipinski definition) is 1. The molecule has 1 atom stereocenters. The molecule has 0 saturated carbocycles. The van der Waals surface area contributed by atoms with E-state index in [2.05, 4.69) is 102 Å². The molecule has 0 bridgehead atoms. The minimum Gasteiger partial charge on any atom is -0.472 e. The molecule has 1 unspecified atom stereocenters. The van der Waals surface area contributed by atoms with Crippen LogP contribution in [0.1, 0.15) is 52.7 Å². The Kier molecular flexibility index (Phi) is 5.13. The fraction of sp³-hybridized carbons (Fsp3) is 0.333. The topological polar surface area (TPSA) is 9.23 Å². The second-order valence-corrected chi connectivity index (χ2v) is 9.89. The van der Waals surface area contributed by atoms with Crippen molar-refractivity contribution >= 4 is 24.9 Å². The van der Waals surface area contributed by atoms with Gasteiger partial charge in [0, 0.05) is 10.9 Å². The molecule has 1 nitrogen and oxygen atoms in total. The van der Waals surface area contributed by atoms with Crippen molar-refractivity contribution in [3.63, 3.8) is 0 Å². The third kappa shape index (κ3) is 4.10. The van der Waals surface area contributed by atoms with Gasteiger partial charge in [-0.1, -0.05) is 96.1 Å². The second kappa shape index (κ2) is 7.05. The monoisotopic (exact) mass is 364 g/mol. The zero-order valence-corrected chi connectivity index (χ0v) is 17.7. The molecule has 3 rings (SSSR count). The first kappa shape index (κ1) is 18.9. The van der Waals surface area contributed by atoms with Gasteiger partial charge in [0.15, 0.2) is 0 Å². The summed E-state index contributed by atoms with van der Waals surface area (Å²) in [5, 5.41) is 3.79. The Labute approximate surface area is 159 Å². The molecule has 0 spiro atoms. The lowest BCUT2D eigenvalue weighted by Crippen LogP contribution is -2.17. The molecule has 3 aromatic carbocycles. The highest BCUT2D eigenvalue weighted by Gasteiger charge is 2.23. The van der Waals surface area contributed by atoms with Crippen molar-refractivity contribution < 1.29 is 4.52 Å². The van der Waals surface area contributed by atoms with E-state index in [0.717, 1.165) is 5.75 Å². The van der Waals surface area contributed by atoms with E-state index in [9.17, 15) is 0 Å². The van der Waals surface area contributed by atoms with E-state index in [1.807, 2.05) is 0 Å². The van der Waals surface area contributed by atoms with Crippen LogP contribution < -0.4 is 9.83 Å². The van der Waals surface area contributed by atoms with Gasteiger partial charge in [-0.3, -0.25) is 0 Å². The summed E-state index contributed by atoms with van der Waals surface area (Å²) in [4.78, 5) is 0. The molecule has 0 aliphatic heterocycles. The SMILES string of the molecule is CC(C)(C)c1ccc(OPc2cccc3ccccc23)c(C(C)(C)C)c1. The average molecular weight is 364 g/mol. The van der Waals surface area contributed by atoms with Crippen LogP contribution in [0.5, 0.6) is 5.75 Å². The van der Waals surface area contributed by atoms with Crippen molar-refractivity contribution in [2.75, 3.05) is 0 Å². The summed E-state index contributed by atoms with van der Waals surface area (Å²) in [6.45, 7) is 13.5. The van der Waals surface area contributed by atoms with Crippen molar-refractivity contribution in [2.45, 2.75) is 52.4 Å². The molecular formula is C24H29OP. The highest BCUT2D eigenvalue weighted by Crippen LogP contribution is 2.37. The van der Waals surface area contributed by atoms with Gasteiger partial charge in [-0.2, -0.15) is 0 Å². The molecule has 0 aromatic heterocycles. The summed E-state index contributed by atoms with van der Waals surface area (Å²) in [5.74, 6) is 0.997. The number of hydrogen-bond donors (Lipinski definition) is 0. The summed E-state index contributed by atoms with van der Waals surface area (Å²) in [5.41, 5.74) is 2.80. The third-order valence-corrected chi connectivity index (χ3v) is 5.69. The van der Waals surface area contributed by atoms with Crippen LogP contribution in [-0.4, -0.2) is 0 Å². The van der Waals surface area contributed by atoms with Crippen LogP contribution >= 0.6 is 8.81 Å². The van der Waals surface area contributed by atoms with Gasteiger partial charge in [0.05, 0.1) is 0 Å². The predicted octanol–water partition coefficient (Wildman–Crippen LogP) is 6.73. The second-order valence-electron chi connectivity index (χ2n) is 8.94. The van der Waals surface area contributed by atoms with Crippen molar-refractivity contribution in [3.05, 3.63) is 71.8 Å². The van der Waals surface area contributed by atoms with Crippen molar-refractivity contribution in [1.82, 2.24) is 0 Å². The van der Waals surface area contributed by atoms with E-state index >= 15 is 0 Å². The van der Waals surface area contributed by atoms with Gasteiger partial charge in [-0.25, -0.2) is 0 Å². The molecular weight excluding hydrogens is 335 g/mol. The van der Waals surface area contributed by atoms with E-state index in [4.69, 9.17) is 4.52 Å². The molecule has 0 fully saturated rings. The first-order chi connectivity index (χ1) is 12.2. The lowest BCUT2D eigenvalue weighted by molar-refractivity contribution is 0.534. The predicted molar refractivity (Wildman–Crippen MR) is 116 cm³/mol. The van der Waals surface area contributed by atoms with E-state index in [-0.39, 0.29) is 10.8 Å². The maximum absolute atomic E-state index is 6.35. The third-order valence-electron chi connectivity index (χ3n) is 4.71. The summed E-state index contributed by atoms with van der Waals surface area (Å²) in [6.07, 6.45) is 0. The van der Waals surface area contributed by atoms with Crippen molar-refractivity contribution in [1.29, 1.82) is 0 Å². The maximum Gasteiger partial charge on any atom is 0.127 e. The van der Waals surface area contributed by atoms with Crippen LogP contribution in [0.25, 0.3) is 10.8 Å². The van der Waals surface area contributed by atoms with Crippen molar-refractivity contribution in [2.24, 2.45) is 0 Å². The van der Waals surface area contributed by atoms with Crippen molar-refractivity contribution in [3.8, 4) is 5.75 Å². The molecule has 0 radical (unpaired) electrons. The Morgan fingerprint density at radius 1 is 0.731 bits per heavy atom. The minimum atomic E-state index is 0.0415. The molecule has 0 aliphatic rings. The first-order valence-electron chi connectivity index (χ1n) is 9.22. The molecule has 26 heavy (non-hydrogen) atoms. The largest absolute Gasteiger partial charge is 0.472 e. The number of rotatable bonds is 3. The smallest absolute Gasteiger partial charge is 0.127 e. The molecule has 0 heterocycles.